The summed E-state index contributed by atoms with van der Waals surface area (Å²) in [5.41, 5.74) is -0.918. The Labute approximate surface area is 97.7 Å². The number of nitrogens with one attached hydrogen (secondary N) is 1. The minimum atomic E-state index is -0.918. The monoisotopic (exact) mass is 226 g/mol. The molecule has 1 atom stereocenters. The molecule has 0 aliphatic heterocycles. The van der Waals surface area contributed by atoms with Gasteiger partial charge in [0.1, 0.15) is 5.41 Å². The van der Waals surface area contributed by atoms with Crippen molar-refractivity contribution in [2.75, 3.05) is 6.54 Å². The van der Waals surface area contributed by atoms with Crippen molar-refractivity contribution in [1.82, 2.24) is 5.32 Å². The van der Waals surface area contributed by atoms with Gasteiger partial charge in [-0.3, -0.25) is 4.79 Å². The minimum absolute atomic E-state index is 0.204. The summed E-state index contributed by atoms with van der Waals surface area (Å²) in [6, 6.07) is 2.15. The van der Waals surface area contributed by atoms with Crippen LogP contribution in [-0.2, 0) is 4.79 Å². The van der Waals surface area contributed by atoms with Gasteiger partial charge in [0.05, 0.1) is 12.2 Å². The average molecular weight is 226 g/mol. The highest BCUT2D eigenvalue weighted by Crippen LogP contribution is 2.29. The maximum Gasteiger partial charge on any atom is 0.240 e. The van der Waals surface area contributed by atoms with Crippen molar-refractivity contribution in [2.24, 2.45) is 5.41 Å². The number of carbonyl (C=O) groups excluding carboxylic acids is 1. The van der Waals surface area contributed by atoms with Crippen LogP contribution in [0.25, 0.3) is 0 Å². The number of amides is 1. The Morgan fingerprint density at radius 2 is 1.94 bits per heavy atom. The third kappa shape index (κ3) is 4.19. The van der Waals surface area contributed by atoms with Crippen molar-refractivity contribution in [3.8, 4) is 6.07 Å². The van der Waals surface area contributed by atoms with E-state index in [1.807, 2.05) is 13.8 Å². The summed E-state index contributed by atoms with van der Waals surface area (Å²) in [6.07, 6.45) is 2.17. The van der Waals surface area contributed by atoms with Crippen LogP contribution in [0.5, 0.6) is 0 Å². The Balaban J connectivity index is 4.61. The van der Waals surface area contributed by atoms with Crippen LogP contribution in [0.15, 0.2) is 0 Å². The zero-order valence-electron chi connectivity index (χ0n) is 10.4. The highest BCUT2D eigenvalue weighted by molar-refractivity contribution is 5.85. The molecule has 92 valence electrons. The lowest BCUT2D eigenvalue weighted by atomic mass is 9.80. The van der Waals surface area contributed by atoms with E-state index in [4.69, 9.17) is 5.11 Å². The molecule has 16 heavy (non-hydrogen) atoms. The van der Waals surface area contributed by atoms with Crippen LogP contribution in [0.4, 0.5) is 0 Å². The molecule has 0 saturated heterocycles. The summed E-state index contributed by atoms with van der Waals surface area (Å²) in [5, 5.41) is 20.9. The van der Waals surface area contributed by atoms with Crippen molar-refractivity contribution in [1.29, 1.82) is 5.26 Å². The summed E-state index contributed by atoms with van der Waals surface area (Å²) >= 11 is 0. The molecule has 0 fully saturated rings. The van der Waals surface area contributed by atoms with Crippen molar-refractivity contribution < 1.29 is 9.90 Å². The van der Waals surface area contributed by atoms with E-state index in [2.05, 4.69) is 11.4 Å². The zero-order valence-corrected chi connectivity index (χ0v) is 10.4. The standard InChI is InChI=1S/C12H22N2O2/c1-4-6-12(9-13,7-5-2)11(16)14-8-10(3)15/h10,15H,4-8H2,1-3H3,(H,14,16). The predicted molar refractivity (Wildman–Crippen MR) is 62.6 cm³/mol. The van der Waals surface area contributed by atoms with Crippen LogP contribution < -0.4 is 5.32 Å². The number of aliphatic hydroxyl groups is 1. The number of carbonyl (C=O) groups is 1. The molecule has 0 aliphatic rings. The third-order valence-corrected chi connectivity index (χ3v) is 2.56. The van der Waals surface area contributed by atoms with Crippen molar-refractivity contribution >= 4 is 5.91 Å². The number of hydrogen-bond donors (Lipinski definition) is 2. The molecule has 4 nitrogen and oxygen atoms in total. The van der Waals surface area contributed by atoms with E-state index in [9.17, 15) is 10.1 Å². The van der Waals surface area contributed by atoms with Crippen LogP contribution in [0.2, 0.25) is 0 Å². The van der Waals surface area contributed by atoms with E-state index in [0.717, 1.165) is 12.8 Å². The average Bonchev–Trinajstić information content (AvgIpc) is 2.25. The van der Waals surface area contributed by atoms with Gasteiger partial charge in [-0.1, -0.05) is 26.7 Å². The van der Waals surface area contributed by atoms with E-state index in [-0.39, 0.29) is 12.5 Å². The van der Waals surface area contributed by atoms with Gasteiger partial charge in [-0.15, -0.1) is 0 Å². The van der Waals surface area contributed by atoms with Crippen LogP contribution in [0, 0.1) is 16.7 Å². The molecule has 0 rings (SSSR count). The molecule has 2 N–H and O–H groups in total. The number of nitriles is 1. The molecular formula is C12H22N2O2. The SMILES string of the molecule is CCCC(C#N)(CCC)C(=O)NCC(C)O. The first-order valence-corrected chi connectivity index (χ1v) is 5.90. The van der Waals surface area contributed by atoms with Crippen molar-refractivity contribution in [3.05, 3.63) is 0 Å². The Morgan fingerprint density at radius 3 is 2.25 bits per heavy atom. The summed E-state index contributed by atoms with van der Waals surface area (Å²) in [6.45, 7) is 5.73. The highest BCUT2D eigenvalue weighted by Gasteiger charge is 2.36. The first-order chi connectivity index (χ1) is 7.52. The Bertz CT molecular complexity index is 250. The van der Waals surface area contributed by atoms with E-state index >= 15 is 0 Å². The van der Waals surface area contributed by atoms with Crippen LogP contribution in [-0.4, -0.2) is 23.7 Å². The molecule has 0 heterocycles. The van der Waals surface area contributed by atoms with Crippen LogP contribution in [0.3, 0.4) is 0 Å². The molecular weight excluding hydrogens is 204 g/mol. The summed E-state index contributed by atoms with van der Waals surface area (Å²) in [5.74, 6) is -0.250. The largest absolute Gasteiger partial charge is 0.392 e. The van der Waals surface area contributed by atoms with Crippen LogP contribution in [0.1, 0.15) is 46.5 Å². The van der Waals surface area contributed by atoms with Crippen LogP contribution >= 0.6 is 0 Å². The van der Waals surface area contributed by atoms with Gasteiger partial charge in [0.25, 0.3) is 0 Å². The van der Waals surface area contributed by atoms with Gasteiger partial charge in [0.15, 0.2) is 0 Å². The Morgan fingerprint density at radius 1 is 1.44 bits per heavy atom. The fourth-order valence-corrected chi connectivity index (χ4v) is 1.78. The molecule has 4 heteroatoms. The van der Waals surface area contributed by atoms with Gasteiger partial charge < -0.3 is 10.4 Å². The Hall–Kier alpha value is -1.08. The number of hydrogen-bond acceptors (Lipinski definition) is 3. The maximum atomic E-state index is 11.9. The molecule has 0 aromatic carbocycles. The van der Waals surface area contributed by atoms with E-state index in [0.29, 0.717) is 12.8 Å². The molecule has 0 aromatic heterocycles. The number of rotatable bonds is 7. The molecule has 0 radical (unpaired) electrons. The van der Waals surface area contributed by atoms with Gasteiger partial charge in [-0.2, -0.15) is 5.26 Å². The molecule has 1 unspecified atom stereocenters. The Kier molecular flexibility index (Phi) is 6.75. The molecule has 0 aromatic rings. The first kappa shape index (κ1) is 14.9. The fourth-order valence-electron chi connectivity index (χ4n) is 1.78. The van der Waals surface area contributed by atoms with Gasteiger partial charge in [0, 0.05) is 6.54 Å². The quantitative estimate of drug-likeness (QED) is 0.692. The number of nitrogens with zero attached hydrogens (tertiary/aromatic N) is 1. The predicted octanol–water partition coefficient (Wildman–Crippen LogP) is 1.59. The molecule has 0 bridgehead atoms. The highest BCUT2D eigenvalue weighted by atomic mass is 16.3. The first-order valence-electron chi connectivity index (χ1n) is 5.90. The van der Waals surface area contributed by atoms with Gasteiger partial charge in [0.2, 0.25) is 5.91 Å². The minimum Gasteiger partial charge on any atom is -0.392 e. The summed E-state index contributed by atoms with van der Waals surface area (Å²) in [7, 11) is 0. The lowest BCUT2D eigenvalue weighted by Gasteiger charge is -2.24. The van der Waals surface area contributed by atoms with E-state index in [1.165, 1.54) is 0 Å². The molecule has 1 amide bonds. The zero-order chi connectivity index (χ0) is 12.6. The maximum absolute atomic E-state index is 11.9. The summed E-state index contributed by atoms with van der Waals surface area (Å²) in [4.78, 5) is 11.9. The molecule has 0 saturated carbocycles. The van der Waals surface area contributed by atoms with Gasteiger partial charge in [-0.25, -0.2) is 0 Å². The molecule has 0 spiro atoms. The fraction of sp³-hybridized carbons (Fsp3) is 0.833. The lowest BCUT2D eigenvalue weighted by Crippen LogP contribution is -2.42. The van der Waals surface area contributed by atoms with E-state index in [1.54, 1.807) is 6.92 Å². The normalized spacial score (nSPS) is 12.9. The summed E-state index contributed by atoms with van der Waals surface area (Å²) < 4.78 is 0. The second-order valence-electron chi connectivity index (χ2n) is 4.25. The lowest BCUT2D eigenvalue weighted by molar-refractivity contribution is -0.129. The number of aliphatic hydroxyl groups excluding tert-OH is 1. The third-order valence-electron chi connectivity index (χ3n) is 2.56. The topological polar surface area (TPSA) is 73.1 Å². The molecule has 0 aliphatic carbocycles. The smallest absolute Gasteiger partial charge is 0.240 e. The second kappa shape index (κ2) is 7.24. The van der Waals surface area contributed by atoms with Crippen molar-refractivity contribution in [2.45, 2.75) is 52.6 Å². The van der Waals surface area contributed by atoms with Crippen molar-refractivity contribution in [3.63, 3.8) is 0 Å². The second-order valence-corrected chi connectivity index (χ2v) is 4.25. The van der Waals surface area contributed by atoms with Gasteiger partial charge >= 0.3 is 0 Å². The van der Waals surface area contributed by atoms with E-state index < -0.39 is 11.5 Å². The van der Waals surface area contributed by atoms with Gasteiger partial charge in [-0.05, 0) is 19.8 Å².